The molecule has 0 saturated heterocycles. The smallest absolute Gasteiger partial charge is 0.181 e. The van der Waals surface area contributed by atoms with E-state index in [9.17, 15) is 8.78 Å². The molecule has 0 aliphatic rings. The number of hydrogen-bond acceptors (Lipinski definition) is 3. The Morgan fingerprint density at radius 2 is 2.00 bits per heavy atom. The summed E-state index contributed by atoms with van der Waals surface area (Å²) in [5, 5.41) is 3.03. The molecule has 0 atom stereocenters. The number of halogens is 2. The van der Waals surface area contributed by atoms with E-state index in [1.54, 1.807) is 0 Å². The van der Waals surface area contributed by atoms with Crippen molar-refractivity contribution in [2.45, 2.75) is 13.5 Å². The minimum Gasteiger partial charge on any atom is -0.443 e. The molecule has 0 bridgehead atoms. The second-order valence-corrected chi connectivity index (χ2v) is 3.51. The average molecular weight is 238 g/mol. The zero-order valence-electron chi connectivity index (χ0n) is 9.34. The van der Waals surface area contributed by atoms with Crippen LogP contribution in [-0.2, 0) is 6.54 Å². The molecule has 0 aliphatic heterocycles. The van der Waals surface area contributed by atoms with E-state index in [1.165, 1.54) is 24.6 Å². The highest BCUT2D eigenvalue weighted by molar-refractivity contribution is 5.61. The van der Waals surface area contributed by atoms with Gasteiger partial charge in [-0.25, -0.2) is 13.8 Å². The van der Waals surface area contributed by atoms with E-state index in [1.807, 2.05) is 6.92 Å². The van der Waals surface area contributed by atoms with E-state index in [0.717, 1.165) is 6.54 Å². The predicted molar refractivity (Wildman–Crippen MR) is 59.2 cm³/mol. The highest BCUT2D eigenvalue weighted by Gasteiger charge is 2.18. The van der Waals surface area contributed by atoms with Gasteiger partial charge in [0.25, 0.3) is 0 Å². The molecule has 1 N–H and O–H groups in total. The Bertz CT molecular complexity index is 491. The number of nitrogens with zero attached hydrogens (tertiary/aromatic N) is 1. The second-order valence-electron chi connectivity index (χ2n) is 3.51. The maximum absolute atomic E-state index is 13.6. The quantitative estimate of drug-likeness (QED) is 0.890. The summed E-state index contributed by atoms with van der Waals surface area (Å²) in [6.45, 7) is 3.09. The van der Waals surface area contributed by atoms with E-state index < -0.39 is 11.6 Å². The van der Waals surface area contributed by atoms with Gasteiger partial charge in [-0.2, -0.15) is 0 Å². The molecule has 1 aromatic carbocycles. The Morgan fingerprint density at radius 3 is 2.65 bits per heavy atom. The van der Waals surface area contributed by atoms with Gasteiger partial charge >= 0.3 is 0 Å². The molecular weight excluding hydrogens is 226 g/mol. The molecule has 5 heteroatoms. The first-order valence-electron chi connectivity index (χ1n) is 5.31. The summed E-state index contributed by atoms with van der Waals surface area (Å²) in [7, 11) is 0. The fourth-order valence-electron chi connectivity index (χ4n) is 1.56. The van der Waals surface area contributed by atoms with Gasteiger partial charge in [-0.15, -0.1) is 0 Å². The van der Waals surface area contributed by atoms with Crippen molar-refractivity contribution in [1.82, 2.24) is 10.3 Å². The van der Waals surface area contributed by atoms with Gasteiger partial charge in [-0.1, -0.05) is 13.0 Å². The molecule has 1 aromatic heterocycles. The van der Waals surface area contributed by atoms with Crippen LogP contribution in [0, 0.1) is 11.6 Å². The van der Waals surface area contributed by atoms with Crippen LogP contribution in [0.15, 0.2) is 29.0 Å². The van der Waals surface area contributed by atoms with Crippen LogP contribution in [0.5, 0.6) is 0 Å². The van der Waals surface area contributed by atoms with E-state index in [0.29, 0.717) is 12.2 Å². The van der Waals surface area contributed by atoms with Crippen molar-refractivity contribution in [2.24, 2.45) is 0 Å². The maximum Gasteiger partial charge on any atom is 0.181 e. The fourth-order valence-corrected chi connectivity index (χ4v) is 1.56. The number of aromatic nitrogens is 1. The Labute approximate surface area is 97.5 Å². The number of hydrogen-bond donors (Lipinski definition) is 1. The molecule has 0 spiro atoms. The summed E-state index contributed by atoms with van der Waals surface area (Å²) in [4.78, 5) is 3.95. The highest BCUT2D eigenvalue weighted by atomic mass is 19.1. The molecule has 1 heterocycles. The number of benzene rings is 1. The van der Waals surface area contributed by atoms with Crippen LogP contribution >= 0.6 is 0 Å². The van der Waals surface area contributed by atoms with Crippen LogP contribution in [0.25, 0.3) is 11.3 Å². The minimum absolute atomic E-state index is 0.140. The Balaban J connectivity index is 2.43. The second kappa shape index (κ2) is 5.05. The Kier molecular flexibility index (Phi) is 3.49. The normalized spacial score (nSPS) is 10.8. The summed E-state index contributed by atoms with van der Waals surface area (Å²) in [6.07, 6.45) is 1.19. The topological polar surface area (TPSA) is 38.1 Å². The molecule has 2 rings (SSSR count). The Hall–Kier alpha value is -1.75. The van der Waals surface area contributed by atoms with Crippen molar-refractivity contribution in [2.75, 3.05) is 6.54 Å². The zero-order valence-corrected chi connectivity index (χ0v) is 9.34. The molecule has 0 aliphatic carbocycles. The van der Waals surface area contributed by atoms with Crippen molar-refractivity contribution >= 4 is 0 Å². The lowest BCUT2D eigenvalue weighted by Crippen LogP contribution is -2.12. The van der Waals surface area contributed by atoms with Gasteiger partial charge in [-0.3, -0.25) is 0 Å². The summed E-state index contributed by atoms with van der Waals surface area (Å²) in [5.74, 6) is -1.17. The lowest BCUT2D eigenvalue weighted by molar-refractivity contribution is 0.541. The fraction of sp³-hybridized carbons (Fsp3) is 0.250. The summed E-state index contributed by atoms with van der Waals surface area (Å²) in [6, 6.07) is 3.70. The molecular formula is C12H12F2N2O. The van der Waals surface area contributed by atoms with Gasteiger partial charge < -0.3 is 9.73 Å². The third-order valence-electron chi connectivity index (χ3n) is 2.37. The van der Waals surface area contributed by atoms with Crippen molar-refractivity contribution in [1.29, 1.82) is 0 Å². The van der Waals surface area contributed by atoms with Crippen molar-refractivity contribution in [3.8, 4) is 11.3 Å². The largest absolute Gasteiger partial charge is 0.443 e. The standard InChI is InChI=1S/C12H12F2N2O/c1-2-15-6-10-12(17-7-16-10)11-8(13)4-3-5-9(11)14/h3-5,7,15H,2,6H2,1H3. The molecule has 0 unspecified atom stereocenters. The van der Waals surface area contributed by atoms with Gasteiger partial charge in [0.1, 0.15) is 17.3 Å². The number of nitrogens with one attached hydrogen (secondary N) is 1. The van der Waals surface area contributed by atoms with E-state index in [4.69, 9.17) is 4.42 Å². The van der Waals surface area contributed by atoms with E-state index in [2.05, 4.69) is 10.3 Å². The number of rotatable bonds is 4. The Morgan fingerprint density at radius 1 is 1.29 bits per heavy atom. The first kappa shape index (κ1) is 11.7. The van der Waals surface area contributed by atoms with Gasteiger partial charge in [0, 0.05) is 6.54 Å². The lowest BCUT2D eigenvalue weighted by atomic mass is 10.1. The van der Waals surface area contributed by atoms with Crippen LogP contribution < -0.4 is 5.32 Å². The first-order valence-corrected chi connectivity index (χ1v) is 5.31. The number of oxazole rings is 1. The average Bonchev–Trinajstić information content (AvgIpc) is 2.74. The SMILES string of the molecule is CCNCc1ncoc1-c1c(F)cccc1F. The zero-order chi connectivity index (χ0) is 12.3. The summed E-state index contributed by atoms with van der Waals surface area (Å²) in [5.41, 5.74) is 0.328. The van der Waals surface area contributed by atoms with Gasteiger partial charge in [0.05, 0.1) is 5.56 Å². The minimum atomic E-state index is -0.653. The van der Waals surface area contributed by atoms with E-state index >= 15 is 0 Å². The maximum atomic E-state index is 13.6. The monoisotopic (exact) mass is 238 g/mol. The third kappa shape index (κ3) is 2.34. The van der Waals surface area contributed by atoms with E-state index in [-0.39, 0.29) is 11.3 Å². The van der Waals surface area contributed by atoms with Crippen molar-refractivity contribution < 1.29 is 13.2 Å². The predicted octanol–water partition coefficient (Wildman–Crippen LogP) is 2.73. The van der Waals surface area contributed by atoms with Crippen LogP contribution in [-0.4, -0.2) is 11.5 Å². The van der Waals surface area contributed by atoms with Gasteiger partial charge in [-0.05, 0) is 18.7 Å². The molecule has 0 amide bonds. The molecule has 0 saturated carbocycles. The van der Waals surface area contributed by atoms with Crippen LogP contribution in [0.4, 0.5) is 8.78 Å². The summed E-state index contributed by atoms with van der Waals surface area (Å²) < 4.78 is 32.2. The van der Waals surface area contributed by atoms with Crippen LogP contribution in [0.2, 0.25) is 0 Å². The molecule has 3 nitrogen and oxygen atoms in total. The molecule has 90 valence electrons. The van der Waals surface area contributed by atoms with Crippen molar-refractivity contribution in [3.05, 3.63) is 41.9 Å². The summed E-state index contributed by atoms with van der Waals surface area (Å²) >= 11 is 0. The highest BCUT2D eigenvalue weighted by Crippen LogP contribution is 2.28. The van der Waals surface area contributed by atoms with Crippen molar-refractivity contribution in [3.63, 3.8) is 0 Å². The van der Waals surface area contributed by atoms with Crippen LogP contribution in [0.1, 0.15) is 12.6 Å². The van der Waals surface area contributed by atoms with Gasteiger partial charge in [0.2, 0.25) is 0 Å². The molecule has 2 aromatic rings. The molecule has 0 fully saturated rings. The molecule has 0 radical (unpaired) electrons. The lowest BCUT2D eigenvalue weighted by Gasteiger charge is -2.04. The molecule has 17 heavy (non-hydrogen) atoms. The first-order chi connectivity index (χ1) is 8.24. The third-order valence-corrected chi connectivity index (χ3v) is 2.37. The van der Waals surface area contributed by atoms with Gasteiger partial charge in [0.15, 0.2) is 12.2 Å². The van der Waals surface area contributed by atoms with Crippen LogP contribution in [0.3, 0.4) is 0 Å².